The lowest BCUT2D eigenvalue weighted by Gasteiger charge is -2.34. The number of carbonyl (C=O) groups is 2. The van der Waals surface area contributed by atoms with Crippen LogP contribution in [0.3, 0.4) is 0 Å². The number of rotatable bonds is 10. The smallest absolute Gasteiger partial charge is 0.309 e. The number of benzene rings is 2. The van der Waals surface area contributed by atoms with E-state index < -0.39 is 17.8 Å². The molecule has 4 aromatic rings. The SMILES string of the molecule is CCN(C(=O)COC)c1ccc2c(c1)N(Cc1cnc[nH]1)CCO2.COC(=O)Cc1cc(F)c2c(c1)N(C(C#N)c1cnc[nH]1)CCO2. The van der Waals surface area contributed by atoms with Crippen molar-refractivity contribution in [3.8, 4) is 17.6 Å². The number of amides is 1. The van der Waals surface area contributed by atoms with Crippen molar-refractivity contribution in [2.75, 3.05) is 68.4 Å². The number of methoxy groups -OCH3 is 2. The van der Waals surface area contributed by atoms with Crippen molar-refractivity contribution >= 4 is 28.9 Å². The van der Waals surface area contributed by atoms with Crippen LogP contribution in [0.1, 0.15) is 29.9 Å². The molecule has 2 aliphatic rings. The number of hydrogen-bond acceptors (Lipinski definition) is 11. The number of H-pyrrole nitrogens is 2. The lowest BCUT2D eigenvalue weighted by molar-refractivity contribution is -0.139. The summed E-state index contributed by atoms with van der Waals surface area (Å²) in [6.45, 7) is 5.41. The second-order valence-electron chi connectivity index (χ2n) is 10.8. The van der Waals surface area contributed by atoms with E-state index >= 15 is 0 Å². The fraction of sp³-hybridized carbons (Fsp3) is 0.364. The summed E-state index contributed by atoms with van der Waals surface area (Å²) in [6.07, 6.45) is 6.47. The summed E-state index contributed by atoms with van der Waals surface area (Å²) < 4.78 is 35.1. The van der Waals surface area contributed by atoms with Gasteiger partial charge in [-0.15, -0.1) is 0 Å². The van der Waals surface area contributed by atoms with Crippen LogP contribution in [0.4, 0.5) is 21.5 Å². The maximum absolute atomic E-state index is 14.4. The Kier molecular flexibility index (Phi) is 11.1. The van der Waals surface area contributed by atoms with Crippen LogP contribution < -0.4 is 24.2 Å². The summed E-state index contributed by atoms with van der Waals surface area (Å²) in [6, 6.07) is 10.3. The van der Waals surface area contributed by atoms with Gasteiger partial charge in [0.15, 0.2) is 17.6 Å². The zero-order valence-corrected chi connectivity index (χ0v) is 26.9. The van der Waals surface area contributed by atoms with Crippen LogP contribution in [0.15, 0.2) is 55.4 Å². The normalized spacial score (nSPS) is 13.8. The number of nitrogens with zero attached hydrogens (tertiary/aromatic N) is 6. The number of imidazole rings is 2. The van der Waals surface area contributed by atoms with E-state index in [1.54, 1.807) is 28.4 Å². The molecule has 2 aromatic carbocycles. The minimum atomic E-state index is -0.664. The standard InChI is InChI=1S/C17H22N4O3.C16H15FN4O3/c1-3-21(17(22)11-23-2)14-4-5-16-15(8-14)20(6-7-24-16)10-13-9-18-12-19-13;1-23-15(22)6-10-4-11(17)16-13(5-10)21(2-3-24-16)14(7-18)12-8-19-9-20-12/h4-5,8-9,12H,3,6-7,10-11H2,1-2H3,(H,18,19);4-5,8-9,14H,2-3,6H2,1H3,(H,19,20). The predicted octanol–water partition coefficient (Wildman–Crippen LogP) is 3.54. The molecule has 252 valence electrons. The van der Waals surface area contributed by atoms with Gasteiger partial charge < -0.3 is 43.6 Å². The number of hydrogen-bond donors (Lipinski definition) is 2. The maximum atomic E-state index is 14.4. The molecule has 0 saturated heterocycles. The number of esters is 1. The van der Waals surface area contributed by atoms with E-state index in [1.165, 1.54) is 26.6 Å². The Bertz CT molecular complexity index is 1730. The molecule has 2 aromatic heterocycles. The van der Waals surface area contributed by atoms with Gasteiger partial charge >= 0.3 is 5.97 Å². The highest BCUT2D eigenvalue weighted by Gasteiger charge is 2.30. The van der Waals surface area contributed by atoms with Crippen LogP contribution in [0.2, 0.25) is 0 Å². The molecule has 0 aliphatic carbocycles. The number of likely N-dealkylation sites (N-methyl/N-ethyl adjacent to an activating group) is 1. The first-order chi connectivity index (χ1) is 23.4. The van der Waals surface area contributed by atoms with Crippen molar-refractivity contribution in [2.24, 2.45) is 0 Å². The van der Waals surface area contributed by atoms with Gasteiger partial charge in [0.25, 0.3) is 5.91 Å². The number of halogens is 1. The highest BCUT2D eigenvalue weighted by Crippen LogP contribution is 2.40. The number of carbonyl (C=O) groups excluding carboxylic acids is 2. The molecule has 0 fully saturated rings. The zero-order chi connectivity index (χ0) is 34.0. The Morgan fingerprint density at radius 2 is 1.88 bits per heavy atom. The summed E-state index contributed by atoms with van der Waals surface area (Å²) in [5.74, 6) is -0.188. The Hall–Kier alpha value is -5.62. The topological polar surface area (TPSA) is 162 Å². The molecule has 2 aliphatic heterocycles. The maximum Gasteiger partial charge on any atom is 0.309 e. The van der Waals surface area contributed by atoms with Gasteiger partial charge in [-0.05, 0) is 42.8 Å². The van der Waals surface area contributed by atoms with Crippen molar-refractivity contribution in [3.63, 3.8) is 0 Å². The monoisotopic (exact) mass is 660 g/mol. The number of ether oxygens (including phenoxy) is 4. The Labute approximate surface area is 277 Å². The Morgan fingerprint density at radius 3 is 2.56 bits per heavy atom. The van der Waals surface area contributed by atoms with Gasteiger partial charge in [0, 0.05) is 25.5 Å². The Morgan fingerprint density at radius 1 is 1.08 bits per heavy atom. The summed E-state index contributed by atoms with van der Waals surface area (Å²) >= 11 is 0. The van der Waals surface area contributed by atoms with Crippen LogP contribution in [-0.2, 0) is 32.0 Å². The quantitative estimate of drug-likeness (QED) is 0.239. The van der Waals surface area contributed by atoms with Gasteiger partial charge in [0.1, 0.15) is 25.6 Å². The van der Waals surface area contributed by atoms with Crippen molar-refractivity contribution in [1.29, 1.82) is 5.26 Å². The average molecular weight is 661 g/mol. The fourth-order valence-electron chi connectivity index (χ4n) is 5.56. The first kappa shape index (κ1) is 33.7. The number of aromatic amines is 2. The van der Waals surface area contributed by atoms with Crippen molar-refractivity contribution in [2.45, 2.75) is 25.9 Å². The first-order valence-electron chi connectivity index (χ1n) is 15.3. The molecular formula is C33H37FN8O6. The average Bonchev–Trinajstić information content (AvgIpc) is 3.82. The van der Waals surface area contributed by atoms with Crippen molar-refractivity contribution < 1.29 is 32.9 Å². The summed E-state index contributed by atoms with van der Waals surface area (Å²) in [5.41, 5.74) is 4.35. The van der Waals surface area contributed by atoms with Gasteiger partial charge in [0.05, 0.1) is 80.8 Å². The molecule has 4 heterocycles. The molecule has 6 rings (SSSR count). The second kappa shape index (κ2) is 15.8. The molecule has 0 radical (unpaired) electrons. The molecule has 0 spiro atoms. The fourth-order valence-corrected chi connectivity index (χ4v) is 5.56. The van der Waals surface area contributed by atoms with Crippen LogP contribution in [0, 0.1) is 17.1 Å². The highest BCUT2D eigenvalue weighted by atomic mass is 19.1. The minimum absolute atomic E-state index is 0.0585. The van der Waals surface area contributed by atoms with Gasteiger partial charge in [-0.2, -0.15) is 5.26 Å². The van der Waals surface area contributed by atoms with E-state index in [0.29, 0.717) is 36.6 Å². The molecule has 1 unspecified atom stereocenters. The molecule has 0 saturated carbocycles. The number of fused-ring (bicyclic) bond motifs is 2. The first-order valence-corrected chi connectivity index (χ1v) is 15.3. The van der Waals surface area contributed by atoms with Crippen molar-refractivity contribution in [1.82, 2.24) is 19.9 Å². The molecule has 1 amide bonds. The minimum Gasteiger partial charge on any atom is -0.490 e. The van der Waals surface area contributed by atoms with E-state index in [1.807, 2.05) is 31.3 Å². The molecule has 1 atom stereocenters. The lowest BCUT2D eigenvalue weighted by Crippen LogP contribution is -2.36. The van der Waals surface area contributed by atoms with Gasteiger partial charge in [-0.25, -0.2) is 14.4 Å². The third-order valence-electron chi connectivity index (χ3n) is 7.81. The van der Waals surface area contributed by atoms with Crippen LogP contribution >= 0.6 is 0 Å². The third kappa shape index (κ3) is 7.67. The van der Waals surface area contributed by atoms with E-state index in [2.05, 4.69) is 35.6 Å². The largest absolute Gasteiger partial charge is 0.490 e. The van der Waals surface area contributed by atoms with Crippen LogP contribution in [0.5, 0.6) is 11.5 Å². The van der Waals surface area contributed by atoms with Crippen LogP contribution in [0.25, 0.3) is 0 Å². The third-order valence-corrected chi connectivity index (χ3v) is 7.81. The van der Waals surface area contributed by atoms with Gasteiger partial charge in [0.2, 0.25) is 0 Å². The number of nitriles is 1. The molecule has 48 heavy (non-hydrogen) atoms. The van der Waals surface area contributed by atoms with E-state index in [4.69, 9.17) is 14.2 Å². The number of aromatic nitrogens is 4. The molecule has 0 bridgehead atoms. The number of nitrogens with one attached hydrogen (secondary N) is 2. The molecule has 15 heteroatoms. The molecule has 14 nitrogen and oxygen atoms in total. The van der Waals surface area contributed by atoms with Gasteiger partial charge in [-0.1, -0.05) is 0 Å². The summed E-state index contributed by atoms with van der Waals surface area (Å²) in [5, 5.41) is 9.55. The summed E-state index contributed by atoms with van der Waals surface area (Å²) in [7, 11) is 2.80. The highest BCUT2D eigenvalue weighted by molar-refractivity contribution is 5.95. The molecule has 2 N–H and O–H groups in total. The summed E-state index contributed by atoms with van der Waals surface area (Å²) in [4.78, 5) is 43.4. The second-order valence-corrected chi connectivity index (χ2v) is 10.8. The van der Waals surface area contributed by atoms with Crippen LogP contribution in [-0.4, -0.2) is 85.5 Å². The lowest BCUT2D eigenvalue weighted by atomic mass is 10.1. The van der Waals surface area contributed by atoms with Crippen molar-refractivity contribution in [3.05, 3.63) is 78.1 Å². The van der Waals surface area contributed by atoms with E-state index in [0.717, 1.165) is 35.9 Å². The van der Waals surface area contributed by atoms with E-state index in [-0.39, 0.29) is 31.3 Å². The van der Waals surface area contributed by atoms with Gasteiger partial charge in [-0.3, -0.25) is 9.59 Å². The molecular weight excluding hydrogens is 623 g/mol. The predicted molar refractivity (Wildman–Crippen MR) is 173 cm³/mol. The Balaban J connectivity index is 0.000000188. The van der Waals surface area contributed by atoms with E-state index in [9.17, 15) is 19.2 Å². The zero-order valence-electron chi connectivity index (χ0n) is 26.9. The number of anilines is 3.